The van der Waals surface area contributed by atoms with Crippen molar-refractivity contribution in [1.29, 1.82) is 0 Å². The summed E-state index contributed by atoms with van der Waals surface area (Å²) in [6.07, 6.45) is 0.301. The Labute approximate surface area is 234 Å². The number of hydrogen-bond donors (Lipinski definition) is 2. The van der Waals surface area contributed by atoms with Crippen molar-refractivity contribution in [3.63, 3.8) is 0 Å². The number of likely N-dealkylation sites (tertiary alicyclic amines) is 1. The van der Waals surface area contributed by atoms with E-state index in [1.807, 2.05) is 24.3 Å². The summed E-state index contributed by atoms with van der Waals surface area (Å²) in [6.45, 7) is 2.19. The number of fused-ring (bicyclic) bond motifs is 1. The number of aliphatic hydroxyl groups excluding tert-OH is 1. The van der Waals surface area contributed by atoms with Gasteiger partial charge in [-0.1, -0.05) is 41.2 Å². The predicted molar refractivity (Wildman–Crippen MR) is 151 cm³/mol. The molecule has 12 heteroatoms. The zero-order chi connectivity index (χ0) is 27.1. The van der Waals surface area contributed by atoms with E-state index in [-0.39, 0.29) is 18.4 Å². The molecule has 8 radical (unpaired) electrons. The molecular formula is C26H28B4ClN3O4. The fraction of sp³-hybridized carbons (Fsp3) is 0.500. The molecule has 0 saturated carbocycles. The summed E-state index contributed by atoms with van der Waals surface area (Å²) in [5.41, 5.74) is 1.55. The van der Waals surface area contributed by atoms with Crippen LogP contribution in [0.15, 0.2) is 42.5 Å². The Kier molecular flexibility index (Phi) is 7.73. The Balaban J connectivity index is 1.35. The lowest BCUT2D eigenvalue weighted by Crippen LogP contribution is -2.61. The smallest absolute Gasteiger partial charge is 0.225 e. The van der Waals surface area contributed by atoms with Crippen LogP contribution in [0, 0.1) is 5.92 Å². The maximum atomic E-state index is 13.5. The molecule has 0 aliphatic carbocycles. The Hall–Kier alpha value is -2.22. The van der Waals surface area contributed by atoms with Crippen LogP contribution in [0.3, 0.4) is 0 Å². The van der Waals surface area contributed by atoms with Gasteiger partial charge in [0, 0.05) is 30.3 Å². The van der Waals surface area contributed by atoms with Gasteiger partial charge in [0.2, 0.25) is 5.91 Å². The van der Waals surface area contributed by atoms with Crippen molar-refractivity contribution in [3.8, 4) is 11.5 Å². The summed E-state index contributed by atoms with van der Waals surface area (Å²) in [7, 11) is 25.3. The van der Waals surface area contributed by atoms with E-state index in [1.54, 1.807) is 23.1 Å². The van der Waals surface area contributed by atoms with Gasteiger partial charge in [-0.05, 0) is 48.4 Å². The number of benzene rings is 2. The van der Waals surface area contributed by atoms with Gasteiger partial charge >= 0.3 is 0 Å². The third-order valence-corrected chi connectivity index (χ3v) is 7.93. The largest absolute Gasteiger partial charge is 0.486 e. The second kappa shape index (κ2) is 10.7. The van der Waals surface area contributed by atoms with Crippen molar-refractivity contribution in [2.24, 2.45) is 5.92 Å². The van der Waals surface area contributed by atoms with Crippen molar-refractivity contribution in [2.45, 2.75) is 42.1 Å². The highest BCUT2D eigenvalue weighted by Gasteiger charge is 2.44. The van der Waals surface area contributed by atoms with Crippen LogP contribution in [-0.2, 0) is 4.79 Å². The average Bonchev–Trinajstić information content (AvgIpc) is 3.47. The summed E-state index contributed by atoms with van der Waals surface area (Å²) >= 11 is 6.02. The molecule has 2 N–H and O–H groups in total. The molecule has 0 bridgehead atoms. The SMILES string of the molecule is [B]C1([B])CCC([B])([B])N1C[C@@H](NC(=O)C1CCN(c2ccc(Cl)cc2)C1)[C@H](O)c1ccc2c(c1)OCCO2. The number of carbonyl (C=O) groups is 1. The topological polar surface area (TPSA) is 74.3 Å². The Morgan fingerprint density at radius 3 is 2.39 bits per heavy atom. The zero-order valence-corrected chi connectivity index (χ0v) is 21.9. The monoisotopic (exact) mass is 525 g/mol. The standard InChI is InChI=1S/C26H28B4ClN3O4/c27-25(28)8-9-26(29,30)34(25)15-20(23(35)16-1-6-21-22(13-16)38-12-11-37-21)32-24(36)17-7-10-33(14-17)19-4-2-18(31)3-5-19/h1-6,13,17,20,23,35H,7-12,14-15H2,(H,32,36)/t17?,20-,23-/m1/s1. The van der Waals surface area contributed by atoms with Crippen molar-refractivity contribution < 1.29 is 19.4 Å². The van der Waals surface area contributed by atoms with E-state index in [1.165, 1.54) is 0 Å². The number of nitrogens with zero attached hydrogens (tertiary/aromatic N) is 2. The summed E-state index contributed by atoms with van der Waals surface area (Å²) in [4.78, 5) is 17.2. The fourth-order valence-corrected chi connectivity index (χ4v) is 5.58. The molecule has 0 aromatic heterocycles. The Morgan fingerprint density at radius 2 is 1.71 bits per heavy atom. The summed E-state index contributed by atoms with van der Waals surface area (Å²) in [5.74, 6) is 0.681. The molecule has 3 heterocycles. The van der Waals surface area contributed by atoms with Crippen molar-refractivity contribution in [2.75, 3.05) is 37.7 Å². The van der Waals surface area contributed by atoms with E-state index in [0.717, 1.165) is 12.2 Å². The van der Waals surface area contributed by atoms with Crippen LogP contribution >= 0.6 is 11.6 Å². The quantitative estimate of drug-likeness (QED) is 0.531. The van der Waals surface area contributed by atoms with Crippen molar-refractivity contribution in [3.05, 3.63) is 53.1 Å². The van der Waals surface area contributed by atoms with E-state index in [9.17, 15) is 9.90 Å². The minimum Gasteiger partial charge on any atom is -0.486 e. The highest BCUT2D eigenvalue weighted by molar-refractivity contribution is 6.45. The van der Waals surface area contributed by atoms with Gasteiger partial charge in [-0.25, -0.2) is 0 Å². The molecular weight excluding hydrogens is 497 g/mol. The number of carbonyl (C=O) groups excluding carboxylic acids is 1. The van der Waals surface area contributed by atoms with E-state index >= 15 is 0 Å². The fourth-order valence-electron chi connectivity index (χ4n) is 5.46. The number of amides is 1. The number of ether oxygens (including phenoxy) is 2. The molecule has 38 heavy (non-hydrogen) atoms. The van der Waals surface area contributed by atoms with Crippen LogP contribution in [0.5, 0.6) is 11.5 Å². The first-order valence-corrected chi connectivity index (χ1v) is 13.2. The van der Waals surface area contributed by atoms with Crippen LogP contribution in [0.2, 0.25) is 5.02 Å². The first kappa shape index (κ1) is 27.4. The first-order valence-electron chi connectivity index (χ1n) is 12.9. The van der Waals surface area contributed by atoms with Crippen molar-refractivity contribution >= 4 is 54.6 Å². The molecule has 1 amide bonds. The van der Waals surface area contributed by atoms with E-state index in [4.69, 9.17) is 52.5 Å². The van der Waals surface area contributed by atoms with Crippen LogP contribution in [0.25, 0.3) is 0 Å². The van der Waals surface area contributed by atoms with Gasteiger partial charge in [-0.3, -0.25) is 4.79 Å². The second-order valence-electron chi connectivity index (χ2n) is 10.5. The number of halogens is 1. The molecule has 2 fully saturated rings. The molecule has 190 valence electrons. The van der Waals surface area contributed by atoms with E-state index in [0.29, 0.717) is 61.1 Å². The number of aliphatic hydroxyl groups is 1. The molecule has 3 atom stereocenters. The summed E-state index contributed by atoms with van der Waals surface area (Å²) < 4.78 is 11.3. The van der Waals surface area contributed by atoms with Gasteiger partial charge in [0.1, 0.15) is 19.3 Å². The van der Waals surface area contributed by atoms with Crippen LogP contribution < -0.4 is 19.7 Å². The van der Waals surface area contributed by atoms with Gasteiger partial charge in [0.15, 0.2) is 11.5 Å². The number of rotatable bonds is 7. The maximum absolute atomic E-state index is 13.5. The molecule has 5 rings (SSSR count). The minimum absolute atomic E-state index is 0.0506. The molecule has 0 spiro atoms. The summed E-state index contributed by atoms with van der Waals surface area (Å²) in [5, 5.41) is 12.7. The lowest BCUT2D eigenvalue weighted by Gasteiger charge is -2.45. The van der Waals surface area contributed by atoms with Gasteiger partial charge in [0.05, 0.1) is 43.3 Å². The highest BCUT2D eigenvalue weighted by Crippen LogP contribution is 2.37. The molecule has 2 aromatic rings. The Morgan fingerprint density at radius 1 is 1.05 bits per heavy atom. The lowest BCUT2D eigenvalue weighted by molar-refractivity contribution is -0.126. The first-order chi connectivity index (χ1) is 18.0. The van der Waals surface area contributed by atoms with Crippen molar-refractivity contribution in [1.82, 2.24) is 10.2 Å². The van der Waals surface area contributed by atoms with E-state index < -0.39 is 22.8 Å². The van der Waals surface area contributed by atoms with E-state index in [2.05, 4.69) is 10.2 Å². The van der Waals surface area contributed by atoms with Gasteiger partial charge in [-0.15, -0.1) is 0 Å². The molecule has 3 aliphatic heterocycles. The second-order valence-corrected chi connectivity index (χ2v) is 10.9. The Bertz CT molecular complexity index is 1150. The maximum Gasteiger partial charge on any atom is 0.225 e. The molecule has 3 aliphatic rings. The van der Waals surface area contributed by atoms with Crippen LogP contribution in [0.1, 0.15) is 30.9 Å². The average molecular weight is 525 g/mol. The zero-order valence-electron chi connectivity index (χ0n) is 21.2. The van der Waals surface area contributed by atoms with Gasteiger partial charge in [0.25, 0.3) is 0 Å². The summed E-state index contributed by atoms with van der Waals surface area (Å²) in [6, 6.07) is 11.9. The van der Waals surface area contributed by atoms with Crippen LogP contribution in [-0.4, -0.2) is 96.9 Å². The van der Waals surface area contributed by atoms with Gasteiger partial charge in [-0.2, -0.15) is 0 Å². The predicted octanol–water partition coefficient (Wildman–Crippen LogP) is 1.23. The number of anilines is 1. The minimum atomic E-state index is -1.28. The molecule has 7 nitrogen and oxygen atoms in total. The van der Waals surface area contributed by atoms with Gasteiger partial charge < -0.3 is 29.7 Å². The third kappa shape index (κ3) is 5.70. The normalized spacial score (nSPS) is 23.6. The number of nitrogens with one attached hydrogen (secondary N) is 1. The molecule has 2 aromatic carbocycles. The molecule has 2 saturated heterocycles. The number of hydrogen-bond acceptors (Lipinski definition) is 6. The van der Waals surface area contributed by atoms with Crippen LogP contribution in [0.4, 0.5) is 5.69 Å². The third-order valence-electron chi connectivity index (χ3n) is 7.68. The lowest BCUT2D eigenvalue weighted by atomic mass is 9.58. The highest BCUT2D eigenvalue weighted by atomic mass is 35.5. The molecule has 1 unspecified atom stereocenters.